The Morgan fingerprint density at radius 2 is 1.04 bits per heavy atom. The highest BCUT2D eigenvalue weighted by Crippen LogP contribution is 2.09. The first-order valence-corrected chi connectivity index (χ1v) is 10.0. The van der Waals surface area contributed by atoms with Gasteiger partial charge in [0.05, 0.1) is 0 Å². The van der Waals surface area contributed by atoms with E-state index < -0.39 is 0 Å². The summed E-state index contributed by atoms with van der Waals surface area (Å²) >= 11 is 0. The number of terminal acetylenes is 1. The van der Waals surface area contributed by atoms with Crippen LogP contribution in [0.1, 0.15) is 103 Å². The van der Waals surface area contributed by atoms with Gasteiger partial charge >= 0.3 is 0 Å². The van der Waals surface area contributed by atoms with Gasteiger partial charge in [0.2, 0.25) is 0 Å². The molecule has 0 heterocycles. The third-order valence-corrected chi connectivity index (χ3v) is 4.17. The molecule has 0 aliphatic heterocycles. The van der Waals surface area contributed by atoms with E-state index in [9.17, 15) is 0 Å². The van der Waals surface area contributed by atoms with E-state index in [2.05, 4.69) is 12.8 Å². The maximum absolute atomic E-state index is 5.51. The lowest BCUT2D eigenvalue weighted by atomic mass is 10.1. The average molecular weight is 325 g/mol. The normalized spacial score (nSPS) is 10.8. The monoisotopic (exact) mass is 324 g/mol. The summed E-state index contributed by atoms with van der Waals surface area (Å²) in [6, 6.07) is 0. The maximum atomic E-state index is 5.51. The fourth-order valence-corrected chi connectivity index (χ4v) is 2.65. The van der Waals surface area contributed by atoms with Crippen LogP contribution in [0.15, 0.2) is 0 Å². The molecule has 136 valence electrons. The molecule has 0 aromatic heterocycles. The summed E-state index contributed by atoms with van der Waals surface area (Å²) in [5, 5.41) is 0. The van der Waals surface area contributed by atoms with Crippen LogP contribution in [0.3, 0.4) is 0 Å². The summed E-state index contributed by atoms with van der Waals surface area (Å²) in [7, 11) is 0. The van der Waals surface area contributed by atoms with Crippen LogP contribution in [0.25, 0.3) is 0 Å². The largest absolute Gasteiger partial charge is 0.355 e. The van der Waals surface area contributed by atoms with Gasteiger partial charge in [-0.2, -0.15) is 0 Å². The van der Waals surface area contributed by atoms with E-state index in [-0.39, 0.29) is 0 Å². The highest BCUT2D eigenvalue weighted by atomic mass is 16.7. The molecule has 0 aromatic rings. The van der Waals surface area contributed by atoms with Crippen molar-refractivity contribution >= 4 is 0 Å². The van der Waals surface area contributed by atoms with Crippen molar-refractivity contribution in [2.75, 3.05) is 20.0 Å². The van der Waals surface area contributed by atoms with Crippen molar-refractivity contribution in [2.24, 2.45) is 0 Å². The van der Waals surface area contributed by atoms with E-state index in [1.165, 1.54) is 83.5 Å². The predicted octanol–water partition coefficient (Wildman–Crippen LogP) is 6.48. The minimum absolute atomic E-state index is 0.474. The fraction of sp³-hybridized carbons (Fsp3) is 0.905. The number of rotatable bonds is 19. The fourth-order valence-electron chi connectivity index (χ4n) is 2.65. The Balaban J connectivity index is 2.94. The smallest absolute Gasteiger partial charge is 0.146 e. The van der Waals surface area contributed by atoms with Crippen LogP contribution in [-0.2, 0) is 9.47 Å². The molecule has 0 aliphatic carbocycles. The standard InChI is InChI=1S/C21H40O2/c1-3-5-7-9-11-12-14-16-18-20-23-21-22-19-17-15-13-10-8-6-4-2/h1H,4-21H2,2H3. The van der Waals surface area contributed by atoms with Crippen molar-refractivity contribution in [1.82, 2.24) is 0 Å². The first-order valence-electron chi connectivity index (χ1n) is 10.0. The van der Waals surface area contributed by atoms with E-state index in [4.69, 9.17) is 15.9 Å². The van der Waals surface area contributed by atoms with E-state index in [0.717, 1.165) is 26.1 Å². The molecule has 23 heavy (non-hydrogen) atoms. The molecule has 0 unspecified atom stereocenters. The number of hydrogen-bond acceptors (Lipinski definition) is 2. The molecular weight excluding hydrogens is 284 g/mol. The molecule has 0 amide bonds. The molecule has 2 nitrogen and oxygen atoms in total. The molecule has 0 aromatic carbocycles. The highest BCUT2D eigenvalue weighted by Gasteiger charge is 1.94. The quantitative estimate of drug-likeness (QED) is 0.154. The first kappa shape index (κ1) is 22.5. The van der Waals surface area contributed by atoms with Crippen molar-refractivity contribution in [3.63, 3.8) is 0 Å². The molecule has 0 rings (SSSR count). The number of unbranched alkanes of at least 4 members (excludes halogenated alkanes) is 13. The molecule has 0 saturated heterocycles. The lowest BCUT2D eigenvalue weighted by Gasteiger charge is -2.06. The van der Waals surface area contributed by atoms with Crippen LogP contribution >= 0.6 is 0 Å². The Labute approximate surface area is 145 Å². The second-order valence-electron chi connectivity index (χ2n) is 6.48. The Morgan fingerprint density at radius 3 is 1.52 bits per heavy atom. The van der Waals surface area contributed by atoms with Gasteiger partial charge in [0.25, 0.3) is 0 Å². The molecule has 0 spiro atoms. The molecule has 0 atom stereocenters. The van der Waals surface area contributed by atoms with Crippen LogP contribution in [0.4, 0.5) is 0 Å². The van der Waals surface area contributed by atoms with Gasteiger partial charge in [-0.15, -0.1) is 12.3 Å². The summed E-state index contributed by atoms with van der Waals surface area (Å²) < 4.78 is 11.0. The first-order chi connectivity index (χ1) is 11.4. The second-order valence-corrected chi connectivity index (χ2v) is 6.48. The van der Waals surface area contributed by atoms with Crippen molar-refractivity contribution < 1.29 is 9.47 Å². The van der Waals surface area contributed by atoms with Gasteiger partial charge in [0.1, 0.15) is 6.79 Å². The van der Waals surface area contributed by atoms with Crippen molar-refractivity contribution in [1.29, 1.82) is 0 Å². The van der Waals surface area contributed by atoms with E-state index >= 15 is 0 Å². The summed E-state index contributed by atoms with van der Waals surface area (Å²) in [4.78, 5) is 0. The predicted molar refractivity (Wildman–Crippen MR) is 101 cm³/mol. The average Bonchev–Trinajstić information content (AvgIpc) is 2.57. The third kappa shape index (κ3) is 21.5. The van der Waals surface area contributed by atoms with E-state index in [0.29, 0.717) is 6.79 Å². The van der Waals surface area contributed by atoms with Crippen LogP contribution in [0.2, 0.25) is 0 Å². The minimum Gasteiger partial charge on any atom is -0.355 e. The summed E-state index contributed by atoms with van der Waals surface area (Å²) in [5.41, 5.74) is 0. The van der Waals surface area contributed by atoms with Crippen LogP contribution in [0.5, 0.6) is 0 Å². The van der Waals surface area contributed by atoms with Crippen molar-refractivity contribution in [2.45, 2.75) is 103 Å². The van der Waals surface area contributed by atoms with Gasteiger partial charge in [-0.05, 0) is 19.3 Å². The zero-order valence-electron chi connectivity index (χ0n) is 15.6. The maximum Gasteiger partial charge on any atom is 0.146 e. The van der Waals surface area contributed by atoms with Gasteiger partial charge in [-0.1, -0.05) is 77.6 Å². The topological polar surface area (TPSA) is 18.5 Å². The Kier molecular flexibility index (Phi) is 21.0. The molecule has 0 saturated carbocycles. The van der Waals surface area contributed by atoms with Gasteiger partial charge in [0.15, 0.2) is 0 Å². The molecule has 2 heteroatoms. The van der Waals surface area contributed by atoms with Gasteiger partial charge in [-0.25, -0.2) is 0 Å². The lowest BCUT2D eigenvalue weighted by molar-refractivity contribution is -0.0556. The number of ether oxygens (including phenoxy) is 2. The van der Waals surface area contributed by atoms with Gasteiger partial charge in [-0.3, -0.25) is 0 Å². The molecule has 0 N–H and O–H groups in total. The zero-order chi connectivity index (χ0) is 16.8. The van der Waals surface area contributed by atoms with E-state index in [1.807, 2.05) is 0 Å². The van der Waals surface area contributed by atoms with Crippen LogP contribution < -0.4 is 0 Å². The van der Waals surface area contributed by atoms with Crippen LogP contribution in [-0.4, -0.2) is 20.0 Å². The molecular formula is C21H40O2. The SMILES string of the molecule is C#CCCCCCCCCCOCOCCCCCCCCC. The highest BCUT2D eigenvalue weighted by molar-refractivity contribution is 4.82. The van der Waals surface area contributed by atoms with E-state index in [1.54, 1.807) is 0 Å². The summed E-state index contributed by atoms with van der Waals surface area (Å²) in [6.45, 7) is 4.43. The number of hydrogen-bond donors (Lipinski definition) is 0. The summed E-state index contributed by atoms with van der Waals surface area (Å²) in [5.74, 6) is 2.70. The van der Waals surface area contributed by atoms with Gasteiger partial charge in [0, 0.05) is 19.6 Å². The van der Waals surface area contributed by atoms with Crippen molar-refractivity contribution in [3.8, 4) is 12.3 Å². The molecule has 0 radical (unpaired) electrons. The molecule has 0 fully saturated rings. The second kappa shape index (κ2) is 21.5. The summed E-state index contributed by atoms with van der Waals surface area (Å²) in [6.07, 6.45) is 24.4. The Bertz CT molecular complexity index is 245. The minimum atomic E-state index is 0.474. The lowest BCUT2D eigenvalue weighted by Crippen LogP contribution is -2.03. The van der Waals surface area contributed by atoms with Crippen molar-refractivity contribution in [3.05, 3.63) is 0 Å². The zero-order valence-corrected chi connectivity index (χ0v) is 15.6. The third-order valence-electron chi connectivity index (χ3n) is 4.17. The Morgan fingerprint density at radius 1 is 0.609 bits per heavy atom. The molecule has 0 bridgehead atoms. The molecule has 0 aliphatic rings. The van der Waals surface area contributed by atoms with Gasteiger partial charge < -0.3 is 9.47 Å². The van der Waals surface area contributed by atoms with Crippen LogP contribution in [0, 0.1) is 12.3 Å². The Hall–Kier alpha value is -0.520.